The van der Waals surface area contributed by atoms with Gasteiger partial charge < -0.3 is 10.5 Å². The lowest BCUT2D eigenvalue weighted by molar-refractivity contribution is 0.0851. The second-order valence-corrected chi connectivity index (χ2v) is 4.69. The normalized spacial score (nSPS) is 21.0. The highest BCUT2D eigenvalue weighted by atomic mass is 32.1. The first-order valence-corrected chi connectivity index (χ1v) is 5.75. The monoisotopic (exact) mass is 213 g/mol. The molecule has 1 saturated heterocycles. The molecule has 4 nitrogen and oxygen atoms in total. The molecule has 14 heavy (non-hydrogen) atoms. The van der Waals surface area contributed by atoms with Crippen molar-refractivity contribution in [2.45, 2.75) is 31.7 Å². The molecule has 1 fully saturated rings. The largest absolute Gasteiger partial charge is 0.381 e. The molecule has 2 heterocycles. The van der Waals surface area contributed by atoms with Crippen LogP contribution < -0.4 is 5.73 Å². The summed E-state index contributed by atoms with van der Waals surface area (Å²) in [5.41, 5.74) is 5.74. The number of aromatic nitrogens is 2. The van der Waals surface area contributed by atoms with Crippen LogP contribution in [-0.2, 0) is 4.74 Å². The molecule has 0 amide bonds. The van der Waals surface area contributed by atoms with Gasteiger partial charge in [-0.05, 0) is 19.8 Å². The van der Waals surface area contributed by atoms with Crippen LogP contribution in [-0.4, -0.2) is 23.4 Å². The summed E-state index contributed by atoms with van der Waals surface area (Å²) in [5, 5.41) is 10.3. The maximum absolute atomic E-state index is 5.74. The lowest BCUT2D eigenvalue weighted by Gasteiger charge is -2.19. The Hall–Kier alpha value is -0.520. The summed E-state index contributed by atoms with van der Waals surface area (Å²) in [4.78, 5) is 0. The van der Waals surface area contributed by atoms with Crippen LogP contribution in [0.15, 0.2) is 0 Å². The molecule has 0 aliphatic carbocycles. The van der Waals surface area contributed by atoms with Crippen LogP contribution in [0.1, 0.15) is 41.7 Å². The van der Waals surface area contributed by atoms with E-state index >= 15 is 0 Å². The Morgan fingerprint density at radius 1 is 1.43 bits per heavy atom. The van der Waals surface area contributed by atoms with E-state index in [2.05, 4.69) is 10.2 Å². The predicted molar refractivity (Wildman–Crippen MR) is 55.3 cm³/mol. The third-order valence-electron chi connectivity index (χ3n) is 2.42. The Morgan fingerprint density at radius 3 is 2.71 bits per heavy atom. The molecule has 2 N–H and O–H groups in total. The summed E-state index contributed by atoms with van der Waals surface area (Å²) in [6, 6.07) is 0.00101. The predicted octanol–water partition coefficient (Wildman–Crippen LogP) is 1.45. The first kappa shape index (κ1) is 10.0. The molecule has 1 aromatic heterocycles. The molecule has 1 aromatic rings. The number of rotatable bonds is 2. The van der Waals surface area contributed by atoms with Crippen molar-refractivity contribution in [3.8, 4) is 0 Å². The lowest BCUT2D eigenvalue weighted by atomic mass is 10.0. The molecule has 0 spiro atoms. The van der Waals surface area contributed by atoms with Crippen LogP contribution in [0, 0.1) is 0 Å². The van der Waals surface area contributed by atoms with Gasteiger partial charge in [-0.1, -0.05) is 11.3 Å². The third kappa shape index (κ3) is 2.10. The quantitative estimate of drug-likeness (QED) is 0.807. The molecule has 0 radical (unpaired) electrons. The van der Waals surface area contributed by atoms with E-state index in [-0.39, 0.29) is 6.04 Å². The maximum Gasteiger partial charge on any atom is 0.133 e. The van der Waals surface area contributed by atoms with Gasteiger partial charge in [0.1, 0.15) is 10.0 Å². The van der Waals surface area contributed by atoms with Gasteiger partial charge in [-0.15, -0.1) is 10.2 Å². The van der Waals surface area contributed by atoms with Crippen molar-refractivity contribution in [1.29, 1.82) is 0 Å². The van der Waals surface area contributed by atoms with Gasteiger partial charge in [-0.25, -0.2) is 0 Å². The van der Waals surface area contributed by atoms with Gasteiger partial charge in [0.05, 0.1) is 6.04 Å². The summed E-state index contributed by atoms with van der Waals surface area (Å²) in [5.74, 6) is 0.536. The molecule has 1 unspecified atom stereocenters. The molecule has 1 aliphatic heterocycles. The summed E-state index contributed by atoms with van der Waals surface area (Å²) in [6.45, 7) is 3.63. The van der Waals surface area contributed by atoms with Crippen molar-refractivity contribution in [2.24, 2.45) is 5.73 Å². The van der Waals surface area contributed by atoms with E-state index in [9.17, 15) is 0 Å². The molecule has 0 bridgehead atoms. The molecule has 78 valence electrons. The average molecular weight is 213 g/mol. The van der Waals surface area contributed by atoms with Gasteiger partial charge in [-0.3, -0.25) is 0 Å². The van der Waals surface area contributed by atoms with Crippen molar-refractivity contribution in [3.63, 3.8) is 0 Å². The van der Waals surface area contributed by atoms with Crippen LogP contribution in [0.5, 0.6) is 0 Å². The standard InChI is InChI=1S/C9H15N3OS/c1-6(10)8-11-12-9(14-8)7-2-4-13-5-3-7/h6-7H,2-5,10H2,1H3. The number of ether oxygens (including phenoxy) is 1. The average Bonchev–Trinajstić information content (AvgIpc) is 2.68. The fourth-order valence-corrected chi connectivity index (χ4v) is 2.51. The van der Waals surface area contributed by atoms with Gasteiger partial charge in [0, 0.05) is 19.1 Å². The van der Waals surface area contributed by atoms with Crippen LogP contribution >= 0.6 is 11.3 Å². The Morgan fingerprint density at radius 2 is 2.14 bits per heavy atom. The van der Waals surface area contributed by atoms with Crippen molar-refractivity contribution in [2.75, 3.05) is 13.2 Å². The number of nitrogens with two attached hydrogens (primary N) is 1. The van der Waals surface area contributed by atoms with Crippen LogP contribution in [0.2, 0.25) is 0 Å². The van der Waals surface area contributed by atoms with Gasteiger partial charge >= 0.3 is 0 Å². The highest BCUT2D eigenvalue weighted by Crippen LogP contribution is 2.30. The van der Waals surface area contributed by atoms with Gasteiger partial charge in [0.15, 0.2) is 0 Å². The Balaban J connectivity index is 2.07. The highest BCUT2D eigenvalue weighted by Gasteiger charge is 2.20. The molecule has 0 aromatic carbocycles. The molecular formula is C9H15N3OS. The highest BCUT2D eigenvalue weighted by molar-refractivity contribution is 7.11. The van der Waals surface area contributed by atoms with E-state index < -0.39 is 0 Å². The zero-order valence-corrected chi connectivity index (χ0v) is 9.09. The number of hydrogen-bond acceptors (Lipinski definition) is 5. The molecular weight excluding hydrogens is 198 g/mol. The zero-order valence-electron chi connectivity index (χ0n) is 8.27. The topological polar surface area (TPSA) is 61.0 Å². The Kier molecular flexibility index (Phi) is 3.10. The molecule has 1 aliphatic rings. The molecule has 2 rings (SSSR count). The number of nitrogens with zero attached hydrogens (tertiary/aromatic N) is 2. The van der Waals surface area contributed by atoms with Crippen LogP contribution in [0.4, 0.5) is 0 Å². The smallest absolute Gasteiger partial charge is 0.133 e. The first-order chi connectivity index (χ1) is 6.77. The van der Waals surface area contributed by atoms with Crippen molar-refractivity contribution < 1.29 is 4.74 Å². The minimum absolute atomic E-state index is 0.00101. The summed E-state index contributed by atoms with van der Waals surface area (Å²) >= 11 is 1.64. The minimum atomic E-state index is 0.00101. The van der Waals surface area contributed by atoms with E-state index in [4.69, 9.17) is 10.5 Å². The second kappa shape index (κ2) is 4.33. The summed E-state index contributed by atoms with van der Waals surface area (Å²) in [6.07, 6.45) is 2.13. The fourth-order valence-electron chi connectivity index (χ4n) is 1.54. The van der Waals surface area contributed by atoms with Crippen LogP contribution in [0.25, 0.3) is 0 Å². The van der Waals surface area contributed by atoms with E-state index in [0.29, 0.717) is 5.92 Å². The van der Waals surface area contributed by atoms with E-state index in [0.717, 1.165) is 36.1 Å². The van der Waals surface area contributed by atoms with Crippen molar-refractivity contribution in [3.05, 3.63) is 10.0 Å². The zero-order chi connectivity index (χ0) is 9.97. The molecule has 0 saturated carbocycles. The van der Waals surface area contributed by atoms with E-state index in [1.807, 2.05) is 6.92 Å². The van der Waals surface area contributed by atoms with E-state index in [1.54, 1.807) is 11.3 Å². The van der Waals surface area contributed by atoms with Crippen molar-refractivity contribution in [1.82, 2.24) is 10.2 Å². The Bertz CT molecular complexity index is 294. The molecule has 1 atom stereocenters. The van der Waals surface area contributed by atoms with E-state index in [1.165, 1.54) is 0 Å². The second-order valence-electron chi connectivity index (χ2n) is 3.65. The maximum atomic E-state index is 5.74. The third-order valence-corrected chi connectivity index (χ3v) is 3.70. The van der Waals surface area contributed by atoms with Gasteiger partial charge in [-0.2, -0.15) is 0 Å². The Labute approximate surface area is 87.5 Å². The van der Waals surface area contributed by atoms with Gasteiger partial charge in [0.2, 0.25) is 0 Å². The number of hydrogen-bond donors (Lipinski definition) is 1. The first-order valence-electron chi connectivity index (χ1n) is 4.94. The fraction of sp³-hybridized carbons (Fsp3) is 0.778. The van der Waals surface area contributed by atoms with Crippen molar-refractivity contribution >= 4 is 11.3 Å². The molecule has 5 heteroatoms. The van der Waals surface area contributed by atoms with Gasteiger partial charge in [0.25, 0.3) is 0 Å². The summed E-state index contributed by atoms with van der Waals surface area (Å²) in [7, 11) is 0. The van der Waals surface area contributed by atoms with Crippen LogP contribution in [0.3, 0.4) is 0 Å². The summed E-state index contributed by atoms with van der Waals surface area (Å²) < 4.78 is 5.31. The SMILES string of the molecule is CC(N)c1nnc(C2CCOCC2)s1. The lowest BCUT2D eigenvalue weighted by Crippen LogP contribution is -2.13. The minimum Gasteiger partial charge on any atom is -0.381 e.